The lowest BCUT2D eigenvalue weighted by atomic mass is 11.5. The first-order chi connectivity index (χ1) is 3.13. The van der Waals surface area contributed by atoms with Crippen LogP contribution in [0, 0.1) is 0 Å². The normalized spacial score (nSPS) is 14.9. The van der Waals surface area contributed by atoms with Crippen molar-refractivity contribution in [3.05, 3.63) is 0 Å². The maximum Gasteiger partial charge on any atom is 0.173 e. The molecule has 0 aliphatic carbocycles. The number of nitrogens with zero attached hydrogens (tertiary/aromatic N) is 1. The topological polar surface area (TPSA) is 40.5 Å². The van der Waals surface area contributed by atoms with Crippen molar-refractivity contribution in [2.45, 2.75) is 0 Å². The molecule has 0 bridgehead atoms. The van der Waals surface area contributed by atoms with Crippen LogP contribution in [-0.2, 0) is 11.1 Å². The minimum absolute atomic E-state index is 1.11. The van der Waals surface area contributed by atoms with Gasteiger partial charge in [-0.1, -0.05) is 0 Å². The molecule has 0 aromatic rings. The first-order valence-corrected chi connectivity index (χ1v) is 2.57. The van der Waals surface area contributed by atoms with Gasteiger partial charge in [0.2, 0.25) is 0 Å². The Morgan fingerprint density at radius 1 is 1.71 bits per heavy atom. The van der Waals surface area contributed by atoms with E-state index in [0.29, 0.717) is 0 Å². The summed E-state index contributed by atoms with van der Waals surface area (Å²) in [7, 11) is 0. The van der Waals surface area contributed by atoms with Crippen LogP contribution < -0.4 is 0 Å². The Labute approximate surface area is 41.1 Å². The summed E-state index contributed by atoms with van der Waals surface area (Å²) in [6, 6.07) is 0. The Bertz CT molecular complexity index is 76.1. The summed E-state index contributed by atoms with van der Waals surface area (Å²) in [5, 5.41) is -1.35. The number of hydrogen-bond donors (Lipinski definition) is 1. The van der Waals surface area contributed by atoms with E-state index in [1.165, 1.54) is 0 Å². The van der Waals surface area contributed by atoms with Crippen molar-refractivity contribution in [1.82, 2.24) is 5.34 Å². The molecule has 1 N–H and O–H groups in total. The van der Waals surface area contributed by atoms with Crippen molar-refractivity contribution in [1.29, 1.82) is 0 Å². The molecule has 44 valence electrons. The van der Waals surface area contributed by atoms with Gasteiger partial charge in [-0.25, -0.2) is 4.21 Å². The Balaban J connectivity index is 3.13. The van der Waals surface area contributed by atoms with Crippen LogP contribution in [0.15, 0.2) is 0 Å². The van der Waals surface area contributed by atoms with Gasteiger partial charge in [0.15, 0.2) is 17.0 Å². The highest BCUT2D eigenvalue weighted by Gasteiger charge is 2.00. The van der Waals surface area contributed by atoms with E-state index < -0.39 is 22.3 Å². The maximum absolute atomic E-state index is 10.8. The van der Waals surface area contributed by atoms with Crippen LogP contribution in [0.1, 0.15) is 0 Å². The van der Waals surface area contributed by atoms with Crippen LogP contribution >= 0.6 is 0 Å². The van der Waals surface area contributed by atoms with Crippen molar-refractivity contribution in [3.63, 3.8) is 0 Å². The van der Waals surface area contributed by atoms with Gasteiger partial charge in [-0.05, 0) is 0 Å². The second-order valence-corrected chi connectivity index (χ2v) is 1.65. The van der Waals surface area contributed by atoms with Crippen molar-refractivity contribution in [3.8, 4) is 0 Å². The zero-order valence-corrected chi connectivity index (χ0v) is 3.99. The zero-order chi connectivity index (χ0) is 5.86. The van der Waals surface area contributed by atoms with Gasteiger partial charge in [-0.3, -0.25) is 0 Å². The van der Waals surface area contributed by atoms with Gasteiger partial charge in [0, 0.05) is 5.34 Å². The molecule has 0 aliphatic heterocycles. The van der Waals surface area contributed by atoms with Crippen molar-refractivity contribution in [2.24, 2.45) is 0 Å². The summed E-state index contributed by atoms with van der Waals surface area (Å²) in [4.78, 5) is 0. The van der Waals surface area contributed by atoms with E-state index in [9.17, 15) is 13.2 Å². The van der Waals surface area contributed by atoms with E-state index in [2.05, 4.69) is 0 Å². The summed E-state index contributed by atoms with van der Waals surface area (Å²) < 4.78 is 38.6. The molecule has 7 heavy (non-hydrogen) atoms. The van der Waals surface area contributed by atoms with Gasteiger partial charge in [-0.15, -0.1) is 8.96 Å². The molecule has 0 saturated carbocycles. The fourth-order valence-electron chi connectivity index (χ4n) is 0.0835. The molecule has 0 rings (SSSR count). The average molecular weight is 131 g/mol. The van der Waals surface area contributed by atoms with Crippen LogP contribution in [0.3, 0.4) is 0 Å². The Morgan fingerprint density at radius 3 is 2.14 bits per heavy atom. The van der Waals surface area contributed by atoms with Crippen molar-refractivity contribution < 1.29 is 17.7 Å². The molecule has 6 heteroatoms. The van der Waals surface area contributed by atoms with Gasteiger partial charge in [0.25, 0.3) is 0 Å². The molecular formula is CH3F2NO2S. The van der Waals surface area contributed by atoms with E-state index in [0.717, 1.165) is 0 Å². The molecule has 1 atom stereocenters. The molecule has 0 saturated heterocycles. The quantitative estimate of drug-likeness (QED) is 0.431. The third-order valence-corrected chi connectivity index (χ3v) is 0.624. The predicted molar refractivity (Wildman–Crippen MR) is 19.7 cm³/mol. The third kappa shape index (κ3) is 5.93. The van der Waals surface area contributed by atoms with Gasteiger partial charge < -0.3 is 4.55 Å². The molecule has 0 heterocycles. The van der Waals surface area contributed by atoms with E-state index in [1.54, 1.807) is 0 Å². The average Bonchev–Trinajstić information content (AvgIpc) is 1.27. The van der Waals surface area contributed by atoms with Gasteiger partial charge in [-0.2, -0.15) is 0 Å². The lowest BCUT2D eigenvalue weighted by molar-refractivity contribution is -0.135. The van der Waals surface area contributed by atoms with Crippen LogP contribution in [0.5, 0.6) is 0 Å². The predicted octanol–water partition coefficient (Wildman–Crippen LogP) is 0.237. The first kappa shape index (κ1) is 6.93. The van der Waals surface area contributed by atoms with Crippen LogP contribution in [0.2, 0.25) is 0 Å². The fourth-order valence-corrected chi connectivity index (χ4v) is 0.250. The number of halogens is 2. The second-order valence-electron chi connectivity index (χ2n) is 0.754. The van der Waals surface area contributed by atoms with Crippen molar-refractivity contribution >= 4 is 11.1 Å². The molecule has 0 radical (unpaired) electrons. The van der Waals surface area contributed by atoms with Crippen molar-refractivity contribution in [2.75, 3.05) is 5.88 Å². The van der Waals surface area contributed by atoms with E-state index in [4.69, 9.17) is 4.55 Å². The maximum atomic E-state index is 10.8. The monoisotopic (exact) mass is 131 g/mol. The van der Waals surface area contributed by atoms with Crippen LogP contribution in [0.4, 0.5) is 8.96 Å². The smallest absolute Gasteiger partial charge is 0.173 e. The largest absolute Gasteiger partial charge is 0.305 e. The zero-order valence-electron chi connectivity index (χ0n) is 3.17. The number of rotatable bonds is 2. The summed E-state index contributed by atoms with van der Waals surface area (Å²) in [6.45, 7) is 0. The Hall–Kier alpha value is -0.0700. The van der Waals surface area contributed by atoms with Gasteiger partial charge in [0.1, 0.15) is 0 Å². The molecule has 3 nitrogen and oxygen atoms in total. The summed E-state index contributed by atoms with van der Waals surface area (Å²) in [5.41, 5.74) is 0. The Kier molecular flexibility index (Phi) is 2.97. The second kappa shape index (κ2) is 3.00. The summed E-state index contributed by atoms with van der Waals surface area (Å²) in [6.07, 6.45) is 0. The lowest BCUT2D eigenvalue weighted by Crippen LogP contribution is -2.07. The highest BCUT2D eigenvalue weighted by Crippen LogP contribution is 1.87. The summed E-state index contributed by atoms with van der Waals surface area (Å²) in [5.74, 6) is -1.11. The minimum Gasteiger partial charge on any atom is -0.305 e. The third-order valence-electron chi connectivity index (χ3n) is 0.208. The minimum atomic E-state index is -2.42. The van der Waals surface area contributed by atoms with Crippen LogP contribution in [-0.4, -0.2) is 20.0 Å². The molecule has 0 amide bonds. The number of hydrogen-bond acceptors (Lipinski definition) is 2. The SMILES string of the molecule is O=S(O)CN(F)F. The molecule has 0 spiro atoms. The molecule has 0 fully saturated rings. The summed E-state index contributed by atoms with van der Waals surface area (Å²) >= 11 is -2.42. The lowest BCUT2D eigenvalue weighted by Gasteiger charge is -1.90. The standard InChI is InChI=1S/CH3F2NO2S/c2-4(3)1-7(5)6/h1H2,(H,5,6). The van der Waals surface area contributed by atoms with E-state index in [-0.39, 0.29) is 0 Å². The molecular weight excluding hydrogens is 128 g/mol. The van der Waals surface area contributed by atoms with E-state index >= 15 is 0 Å². The first-order valence-electron chi connectivity index (χ1n) is 1.29. The molecule has 0 aromatic carbocycles. The van der Waals surface area contributed by atoms with Crippen LogP contribution in [0.25, 0.3) is 0 Å². The Morgan fingerprint density at radius 2 is 2.14 bits per heavy atom. The van der Waals surface area contributed by atoms with E-state index in [1.807, 2.05) is 0 Å². The highest BCUT2D eigenvalue weighted by molar-refractivity contribution is 7.79. The molecule has 0 aliphatic rings. The molecule has 0 aromatic heterocycles. The van der Waals surface area contributed by atoms with Gasteiger partial charge >= 0.3 is 0 Å². The van der Waals surface area contributed by atoms with Gasteiger partial charge in [0.05, 0.1) is 0 Å². The highest BCUT2D eigenvalue weighted by atomic mass is 32.2. The fraction of sp³-hybridized carbons (Fsp3) is 1.00. The molecule has 1 unspecified atom stereocenters.